The molecule has 0 saturated carbocycles. The molecule has 2 saturated heterocycles. The number of hydrogen-bond acceptors (Lipinski definition) is 7. The fourth-order valence-corrected chi connectivity index (χ4v) is 6.11. The van der Waals surface area contributed by atoms with Gasteiger partial charge in [-0.3, -0.25) is 4.79 Å². The number of allylic oxidation sites excluding steroid dienone is 3. The van der Waals surface area contributed by atoms with Crippen molar-refractivity contribution in [3.8, 4) is 0 Å². The average molecular weight is 533 g/mol. The van der Waals surface area contributed by atoms with E-state index in [0.717, 1.165) is 48.0 Å². The Bertz CT molecular complexity index is 1060. The van der Waals surface area contributed by atoms with Crippen molar-refractivity contribution in [1.82, 2.24) is 14.9 Å². The Kier molecular flexibility index (Phi) is 8.82. The standard InChI is InChI=1S/C25H35ClN6OS.C2H6/c1-16(2)18(26)12-19(27-7)32-14-24(4,5)20-21(28-15-29-22(20)32)30-9-10-31(17(3)13-30)23(33)25(6)8-11-34-25;1-2/h12,15,17H,7-11,13-14H2,1-6H3;1-2H3/b19-12+;. The topological polar surface area (TPSA) is 64.9 Å². The van der Waals surface area contributed by atoms with Crippen molar-refractivity contribution in [3.63, 3.8) is 0 Å². The molecule has 0 bridgehead atoms. The normalized spacial score (nSPS) is 24.9. The van der Waals surface area contributed by atoms with Crippen molar-refractivity contribution >= 4 is 47.6 Å². The number of carbonyl (C=O) groups excluding carboxylic acids is 1. The van der Waals surface area contributed by atoms with E-state index in [-0.39, 0.29) is 22.1 Å². The lowest BCUT2D eigenvalue weighted by Gasteiger charge is -2.46. The lowest BCUT2D eigenvalue weighted by molar-refractivity contribution is -0.136. The molecule has 1 aromatic rings. The summed E-state index contributed by atoms with van der Waals surface area (Å²) in [5.74, 6) is 3.81. The van der Waals surface area contributed by atoms with Gasteiger partial charge in [-0.25, -0.2) is 15.0 Å². The van der Waals surface area contributed by atoms with Crippen LogP contribution in [0.2, 0.25) is 0 Å². The van der Waals surface area contributed by atoms with Crippen LogP contribution in [0.15, 0.2) is 33.8 Å². The number of rotatable bonds is 5. The maximum Gasteiger partial charge on any atom is 0.238 e. The van der Waals surface area contributed by atoms with Crippen LogP contribution in [0.1, 0.15) is 67.4 Å². The third kappa shape index (κ3) is 5.30. The minimum absolute atomic E-state index is 0.118. The number of halogens is 1. The molecule has 7 nitrogen and oxygen atoms in total. The molecule has 2 fully saturated rings. The average Bonchev–Trinajstić information content (AvgIpc) is 3.12. The van der Waals surface area contributed by atoms with E-state index in [9.17, 15) is 4.79 Å². The zero-order chi connectivity index (χ0) is 26.8. The minimum atomic E-state index is -0.248. The van der Waals surface area contributed by atoms with E-state index in [2.05, 4.69) is 59.1 Å². The van der Waals surface area contributed by atoms with Crippen molar-refractivity contribution < 1.29 is 4.79 Å². The number of piperazine rings is 1. The first-order chi connectivity index (χ1) is 17.0. The number of amides is 1. The molecule has 3 aliphatic rings. The predicted molar refractivity (Wildman–Crippen MR) is 154 cm³/mol. The number of nitrogens with zero attached hydrogens (tertiary/aromatic N) is 6. The van der Waals surface area contributed by atoms with Crippen LogP contribution in [0.3, 0.4) is 0 Å². The molecule has 1 aromatic heterocycles. The summed E-state index contributed by atoms with van der Waals surface area (Å²) in [7, 11) is 0. The van der Waals surface area contributed by atoms with Gasteiger partial charge >= 0.3 is 0 Å². The smallest absolute Gasteiger partial charge is 0.238 e. The van der Waals surface area contributed by atoms with Gasteiger partial charge < -0.3 is 14.7 Å². The molecule has 1 amide bonds. The highest BCUT2D eigenvalue weighted by Gasteiger charge is 2.46. The highest BCUT2D eigenvalue weighted by Crippen LogP contribution is 2.46. The molecule has 4 heterocycles. The Morgan fingerprint density at radius 2 is 1.86 bits per heavy atom. The monoisotopic (exact) mass is 532 g/mol. The molecular weight excluding hydrogens is 492 g/mol. The largest absolute Gasteiger partial charge is 0.352 e. The maximum atomic E-state index is 13.2. The quantitative estimate of drug-likeness (QED) is 0.363. The van der Waals surface area contributed by atoms with Gasteiger partial charge in [0.1, 0.15) is 23.8 Å². The number of hydrogen-bond donors (Lipinski definition) is 0. The first-order valence-electron chi connectivity index (χ1n) is 12.8. The Hall–Kier alpha value is -2.06. The molecule has 198 valence electrons. The van der Waals surface area contributed by atoms with Crippen LogP contribution in [-0.4, -0.2) is 70.2 Å². The summed E-state index contributed by atoms with van der Waals surface area (Å²) in [6.45, 7) is 23.3. The van der Waals surface area contributed by atoms with E-state index in [1.165, 1.54) is 0 Å². The van der Waals surface area contributed by atoms with Crippen molar-refractivity contribution in [3.05, 3.63) is 34.4 Å². The molecule has 0 aliphatic carbocycles. The summed E-state index contributed by atoms with van der Waals surface area (Å²) in [6, 6.07) is 0.118. The summed E-state index contributed by atoms with van der Waals surface area (Å²) < 4.78 is -0.248. The van der Waals surface area contributed by atoms with Gasteiger partial charge in [0.15, 0.2) is 0 Å². The molecule has 2 unspecified atom stereocenters. The lowest BCUT2D eigenvalue weighted by atomic mass is 9.87. The minimum Gasteiger partial charge on any atom is -0.352 e. The second-order valence-corrected chi connectivity index (χ2v) is 12.5. The van der Waals surface area contributed by atoms with Crippen LogP contribution in [0.4, 0.5) is 11.6 Å². The van der Waals surface area contributed by atoms with Gasteiger partial charge in [-0.15, -0.1) is 11.8 Å². The first-order valence-corrected chi connectivity index (χ1v) is 14.2. The molecule has 0 radical (unpaired) electrons. The Morgan fingerprint density at radius 3 is 2.39 bits per heavy atom. The summed E-state index contributed by atoms with van der Waals surface area (Å²) in [6.07, 6.45) is 4.44. The lowest BCUT2D eigenvalue weighted by Crippen LogP contribution is -2.60. The molecule has 9 heteroatoms. The Morgan fingerprint density at radius 1 is 1.22 bits per heavy atom. The molecule has 4 rings (SSSR count). The molecule has 0 aromatic carbocycles. The van der Waals surface area contributed by atoms with Crippen LogP contribution in [-0.2, 0) is 10.2 Å². The Labute approximate surface area is 226 Å². The number of fused-ring (bicyclic) bond motifs is 1. The molecular formula is C27H41ClN6OS. The molecule has 0 N–H and O–H groups in total. The molecule has 3 aliphatic heterocycles. The zero-order valence-corrected chi connectivity index (χ0v) is 24.6. The van der Waals surface area contributed by atoms with Crippen molar-refractivity contribution in [2.45, 2.75) is 78.0 Å². The van der Waals surface area contributed by atoms with Gasteiger partial charge in [-0.1, -0.05) is 44.9 Å². The van der Waals surface area contributed by atoms with Crippen LogP contribution < -0.4 is 9.80 Å². The first kappa shape index (κ1) is 28.5. The molecule has 36 heavy (non-hydrogen) atoms. The van der Waals surface area contributed by atoms with E-state index in [1.807, 2.05) is 33.8 Å². The highest BCUT2D eigenvalue weighted by atomic mass is 35.5. The van der Waals surface area contributed by atoms with Crippen LogP contribution in [0.5, 0.6) is 0 Å². The molecule has 0 spiro atoms. The third-order valence-corrected chi connectivity index (χ3v) is 9.02. The summed E-state index contributed by atoms with van der Waals surface area (Å²) in [5, 5.41) is 0.649. The number of anilines is 2. The van der Waals surface area contributed by atoms with Gasteiger partial charge in [0.05, 0.1) is 4.75 Å². The zero-order valence-electron chi connectivity index (χ0n) is 23.1. The number of carbonyl (C=O) groups is 1. The maximum absolute atomic E-state index is 13.2. The van der Waals surface area contributed by atoms with Crippen molar-refractivity contribution in [2.75, 3.05) is 41.7 Å². The second-order valence-electron chi connectivity index (χ2n) is 10.5. The number of aliphatic imine (C=N–C) groups is 1. The van der Waals surface area contributed by atoms with Gasteiger partial charge in [0.25, 0.3) is 0 Å². The fraction of sp³-hybridized carbons (Fsp3) is 0.630. The van der Waals surface area contributed by atoms with Gasteiger partial charge in [-0.05, 0) is 52.7 Å². The van der Waals surface area contributed by atoms with E-state index >= 15 is 0 Å². The molecule has 2 atom stereocenters. The van der Waals surface area contributed by atoms with E-state index < -0.39 is 0 Å². The van der Waals surface area contributed by atoms with Crippen LogP contribution in [0.25, 0.3) is 0 Å². The SMILES string of the molecule is C=N/C(=C\C(Cl)=C(C)C)N1CC(C)(C)c2c(N3CCN(C(=O)C4(C)CCS4)C(C)C3)ncnc21.CC. The number of thioether (sulfide) groups is 1. The van der Waals surface area contributed by atoms with E-state index in [4.69, 9.17) is 16.6 Å². The van der Waals surface area contributed by atoms with Crippen molar-refractivity contribution in [2.24, 2.45) is 4.99 Å². The summed E-state index contributed by atoms with van der Waals surface area (Å²) in [5.41, 5.74) is 1.92. The van der Waals surface area contributed by atoms with Crippen LogP contribution >= 0.6 is 23.4 Å². The third-order valence-electron chi connectivity index (χ3n) is 7.11. The second kappa shape index (κ2) is 11.1. The predicted octanol–water partition coefficient (Wildman–Crippen LogP) is 5.61. The number of aromatic nitrogens is 2. The fourth-order valence-electron chi connectivity index (χ4n) is 4.95. The van der Waals surface area contributed by atoms with E-state index in [1.54, 1.807) is 18.1 Å². The summed E-state index contributed by atoms with van der Waals surface area (Å²) >= 11 is 8.21. The van der Waals surface area contributed by atoms with Crippen molar-refractivity contribution in [1.29, 1.82) is 0 Å². The van der Waals surface area contributed by atoms with Gasteiger partial charge in [-0.2, -0.15) is 0 Å². The highest BCUT2D eigenvalue weighted by molar-refractivity contribution is 8.02. The van der Waals surface area contributed by atoms with Gasteiger partial charge in [0.2, 0.25) is 5.91 Å². The summed E-state index contributed by atoms with van der Waals surface area (Å²) in [4.78, 5) is 33.3. The Balaban J connectivity index is 0.00000176. The van der Waals surface area contributed by atoms with Crippen LogP contribution in [0, 0.1) is 0 Å². The van der Waals surface area contributed by atoms with Gasteiger partial charge in [0, 0.05) is 48.2 Å². The van der Waals surface area contributed by atoms with E-state index in [0.29, 0.717) is 23.9 Å².